The highest BCUT2D eigenvalue weighted by atomic mass is 16.1. The van der Waals surface area contributed by atoms with Crippen LogP contribution in [0.25, 0.3) is 0 Å². The molecule has 0 bridgehead atoms. The molecule has 1 aromatic carbocycles. The number of aryl methyl sites for hydroxylation is 1. The van der Waals surface area contributed by atoms with Gasteiger partial charge in [0.1, 0.15) is 0 Å². The van der Waals surface area contributed by atoms with Crippen LogP contribution in [0.15, 0.2) is 24.3 Å². The summed E-state index contributed by atoms with van der Waals surface area (Å²) in [4.78, 5) is 12.2. The zero-order valence-electron chi connectivity index (χ0n) is 13.7. The molecule has 1 saturated heterocycles. The standard InChI is InChI=1S/C18H28N2O/c1-5-14-6-8-16(9-7-14)18(3,4)12-20-17(21)13(2)15-10-19-11-15/h6-9,13,15,19H,5,10-12H2,1-4H3,(H,20,21). The van der Waals surface area contributed by atoms with Crippen LogP contribution in [0.1, 0.15) is 38.8 Å². The Morgan fingerprint density at radius 3 is 2.43 bits per heavy atom. The van der Waals surface area contributed by atoms with E-state index in [4.69, 9.17) is 0 Å². The first-order valence-corrected chi connectivity index (χ1v) is 8.02. The summed E-state index contributed by atoms with van der Waals surface area (Å²) in [5.74, 6) is 0.779. The molecule has 3 nitrogen and oxygen atoms in total. The van der Waals surface area contributed by atoms with Gasteiger partial charge in [-0.3, -0.25) is 4.79 Å². The molecule has 1 aliphatic heterocycles. The van der Waals surface area contributed by atoms with Gasteiger partial charge in [0.25, 0.3) is 0 Å². The molecule has 0 saturated carbocycles. The smallest absolute Gasteiger partial charge is 0.223 e. The molecule has 0 aromatic heterocycles. The first kappa shape index (κ1) is 16.0. The lowest BCUT2D eigenvalue weighted by Crippen LogP contribution is -2.50. The lowest BCUT2D eigenvalue weighted by atomic mass is 9.83. The third-order valence-electron chi connectivity index (χ3n) is 4.78. The Balaban J connectivity index is 1.91. The number of rotatable bonds is 6. The summed E-state index contributed by atoms with van der Waals surface area (Å²) >= 11 is 0. The van der Waals surface area contributed by atoms with Gasteiger partial charge in [-0.25, -0.2) is 0 Å². The minimum Gasteiger partial charge on any atom is -0.355 e. The Labute approximate surface area is 128 Å². The van der Waals surface area contributed by atoms with Crippen molar-refractivity contribution < 1.29 is 4.79 Å². The highest BCUT2D eigenvalue weighted by Crippen LogP contribution is 2.23. The zero-order chi connectivity index (χ0) is 15.5. The summed E-state index contributed by atoms with van der Waals surface area (Å²) in [5, 5.41) is 6.36. The molecular weight excluding hydrogens is 260 g/mol. The van der Waals surface area contributed by atoms with E-state index < -0.39 is 0 Å². The largest absolute Gasteiger partial charge is 0.355 e. The van der Waals surface area contributed by atoms with Gasteiger partial charge in [0.15, 0.2) is 0 Å². The van der Waals surface area contributed by atoms with Gasteiger partial charge >= 0.3 is 0 Å². The monoisotopic (exact) mass is 288 g/mol. The van der Waals surface area contributed by atoms with Crippen LogP contribution in [0, 0.1) is 11.8 Å². The number of benzene rings is 1. The first-order chi connectivity index (χ1) is 9.94. The molecule has 2 N–H and O–H groups in total. The predicted octanol–water partition coefficient (Wildman–Crippen LogP) is 2.50. The van der Waals surface area contributed by atoms with Gasteiger partial charge in [-0.1, -0.05) is 52.0 Å². The number of carbonyl (C=O) groups is 1. The number of hydrogen-bond donors (Lipinski definition) is 2. The maximum Gasteiger partial charge on any atom is 0.223 e. The van der Waals surface area contributed by atoms with Gasteiger partial charge in [-0.15, -0.1) is 0 Å². The van der Waals surface area contributed by atoms with Crippen molar-refractivity contribution in [3.05, 3.63) is 35.4 Å². The van der Waals surface area contributed by atoms with Crippen LogP contribution in [0.3, 0.4) is 0 Å². The number of amides is 1. The van der Waals surface area contributed by atoms with E-state index in [1.165, 1.54) is 11.1 Å². The molecule has 116 valence electrons. The Morgan fingerprint density at radius 2 is 1.95 bits per heavy atom. The van der Waals surface area contributed by atoms with Crippen LogP contribution in [0.4, 0.5) is 0 Å². The number of nitrogens with one attached hydrogen (secondary N) is 2. The summed E-state index contributed by atoms with van der Waals surface area (Å²) in [5.41, 5.74) is 2.59. The quantitative estimate of drug-likeness (QED) is 0.844. The molecule has 1 aliphatic rings. The van der Waals surface area contributed by atoms with Crippen LogP contribution < -0.4 is 10.6 Å². The molecule has 1 unspecified atom stereocenters. The molecule has 1 heterocycles. The van der Waals surface area contributed by atoms with E-state index in [0.717, 1.165) is 19.5 Å². The lowest BCUT2D eigenvalue weighted by Gasteiger charge is -2.33. The fourth-order valence-corrected chi connectivity index (χ4v) is 2.64. The van der Waals surface area contributed by atoms with Crippen LogP contribution in [-0.2, 0) is 16.6 Å². The Kier molecular flexibility index (Phi) is 5.04. The van der Waals surface area contributed by atoms with Crippen molar-refractivity contribution in [2.45, 2.75) is 39.5 Å². The van der Waals surface area contributed by atoms with Gasteiger partial charge in [-0.05, 0) is 36.6 Å². The van der Waals surface area contributed by atoms with Crippen molar-refractivity contribution in [3.8, 4) is 0 Å². The fourth-order valence-electron chi connectivity index (χ4n) is 2.64. The lowest BCUT2D eigenvalue weighted by molar-refractivity contribution is -0.126. The third-order valence-corrected chi connectivity index (χ3v) is 4.78. The van der Waals surface area contributed by atoms with Crippen LogP contribution in [0.2, 0.25) is 0 Å². The normalized spacial score (nSPS) is 17.1. The van der Waals surface area contributed by atoms with Gasteiger partial charge in [0.2, 0.25) is 5.91 Å². The fraction of sp³-hybridized carbons (Fsp3) is 0.611. The summed E-state index contributed by atoms with van der Waals surface area (Å²) in [6.45, 7) is 11.2. The predicted molar refractivity (Wildman–Crippen MR) is 87.4 cm³/mol. The van der Waals surface area contributed by atoms with E-state index in [1.54, 1.807) is 0 Å². The van der Waals surface area contributed by atoms with E-state index in [1.807, 2.05) is 6.92 Å². The first-order valence-electron chi connectivity index (χ1n) is 8.02. The minimum atomic E-state index is -0.0421. The van der Waals surface area contributed by atoms with E-state index in [9.17, 15) is 4.79 Å². The molecule has 1 fully saturated rings. The maximum atomic E-state index is 12.2. The van der Waals surface area contributed by atoms with Gasteiger partial charge < -0.3 is 10.6 Å². The van der Waals surface area contributed by atoms with E-state index >= 15 is 0 Å². The zero-order valence-corrected chi connectivity index (χ0v) is 13.7. The Bertz CT molecular complexity index is 474. The van der Waals surface area contributed by atoms with Crippen molar-refractivity contribution in [1.82, 2.24) is 10.6 Å². The van der Waals surface area contributed by atoms with Crippen molar-refractivity contribution in [2.24, 2.45) is 11.8 Å². The highest BCUT2D eigenvalue weighted by Gasteiger charge is 2.30. The topological polar surface area (TPSA) is 41.1 Å². The minimum absolute atomic E-state index is 0.0421. The third kappa shape index (κ3) is 3.85. The molecule has 1 amide bonds. The van der Waals surface area contributed by atoms with Crippen molar-refractivity contribution in [3.63, 3.8) is 0 Å². The molecule has 1 atom stereocenters. The van der Waals surface area contributed by atoms with Crippen LogP contribution >= 0.6 is 0 Å². The summed E-state index contributed by atoms with van der Waals surface area (Å²) in [7, 11) is 0. The van der Waals surface area contributed by atoms with E-state index in [2.05, 4.69) is 55.7 Å². The molecule has 3 heteroatoms. The summed E-state index contributed by atoms with van der Waals surface area (Å²) in [6.07, 6.45) is 1.06. The second-order valence-corrected chi connectivity index (χ2v) is 6.86. The van der Waals surface area contributed by atoms with Gasteiger partial charge in [0.05, 0.1) is 0 Å². The number of hydrogen-bond acceptors (Lipinski definition) is 2. The van der Waals surface area contributed by atoms with Crippen LogP contribution in [-0.4, -0.2) is 25.5 Å². The Morgan fingerprint density at radius 1 is 1.33 bits per heavy atom. The molecule has 0 aliphatic carbocycles. The SMILES string of the molecule is CCc1ccc(C(C)(C)CNC(=O)C(C)C2CNC2)cc1. The Hall–Kier alpha value is -1.35. The second-order valence-electron chi connectivity index (χ2n) is 6.86. The summed E-state index contributed by atoms with van der Waals surface area (Å²) in [6, 6.07) is 8.73. The van der Waals surface area contributed by atoms with Crippen LogP contribution in [0.5, 0.6) is 0 Å². The van der Waals surface area contributed by atoms with Gasteiger partial charge in [-0.2, -0.15) is 0 Å². The maximum absolute atomic E-state index is 12.2. The molecule has 0 spiro atoms. The molecule has 1 aromatic rings. The van der Waals surface area contributed by atoms with Crippen molar-refractivity contribution in [1.29, 1.82) is 0 Å². The van der Waals surface area contributed by atoms with Gasteiger partial charge in [0, 0.05) is 17.9 Å². The highest BCUT2D eigenvalue weighted by molar-refractivity contribution is 5.78. The number of carbonyl (C=O) groups excluding carboxylic acids is 1. The molecule has 0 radical (unpaired) electrons. The molecular formula is C18H28N2O. The molecule has 21 heavy (non-hydrogen) atoms. The van der Waals surface area contributed by atoms with Crippen molar-refractivity contribution >= 4 is 5.91 Å². The molecule has 2 rings (SSSR count). The van der Waals surface area contributed by atoms with Crippen molar-refractivity contribution in [2.75, 3.05) is 19.6 Å². The second kappa shape index (κ2) is 6.61. The summed E-state index contributed by atoms with van der Waals surface area (Å²) < 4.78 is 0. The average Bonchev–Trinajstić information content (AvgIpc) is 2.43. The van der Waals surface area contributed by atoms with E-state index in [0.29, 0.717) is 12.5 Å². The average molecular weight is 288 g/mol. The van der Waals surface area contributed by atoms with E-state index in [-0.39, 0.29) is 17.2 Å².